The van der Waals surface area contributed by atoms with Gasteiger partial charge in [0.2, 0.25) is 5.91 Å². The first-order valence-corrected chi connectivity index (χ1v) is 12.8. The summed E-state index contributed by atoms with van der Waals surface area (Å²) in [5.41, 5.74) is 1.57. The SMILES string of the molecule is CCOC(=O)C(O)C(O)C(Cc1ccc(-c2cc(Cl)cc(Cl)c2)cc1)NC(=O)C(C)NC(=O)OC(C)(C)C. The summed E-state index contributed by atoms with van der Waals surface area (Å²) in [7, 11) is 0. The number of carbonyl (C=O) groups excluding carboxylic acids is 3. The molecule has 11 heteroatoms. The third-order valence-electron chi connectivity index (χ3n) is 5.32. The van der Waals surface area contributed by atoms with Crippen molar-refractivity contribution in [3.8, 4) is 11.1 Å². The molecule has 4 unspecified atom stereocenters. The molecule has 0 radical (unpaired) electrons. The van der Waals surface area contributed by atoms with Crippen molar-refractivity contribution < 1.29 is 34.1 Å². The largest absolute Gasteiger partial charge is 0.464 e. The number of nitrogens with one attached hydrogen (secondary N) is 2. The standard InChI is InChI=1S/C27H34Cl2N2O7/c1-6-37-25(35)23(33)22(32)21(31-24(34)15(2)30-26(36)38-27(3,4)5)11-16-7-9-17(10-8-16)18-12-19(28)14-20(29)13-18/h7-10,12-15,21-23,32-33H,6,11H2,1-5H3,(H,30,36)(H,31,34). The molecular weight excluding hydrogens is 535 g/mol. The van der Waals surface area contributed by atoms with E-state index in [2.05, 4.69) is 10.6 Å². The van der Waals surface area contributed by atoms with E-state index in [9.17, 15) is 24.6 Å². The molecule has 4 atom stereocenters. The van der Waals surface area contributed by atoms with Gasteiger partial charge in [0.25, 0.3) is 0 Å². The van der Waals surface area contributed by atoms with E-state index >= 15 is 0 Å². The van der Waals surface area contributed by atoms with Gasteiger partial charge in [-0.2, -0.15) is 0 Å². The molecule has 9 nitrogen and oxygen atoms in total. The Balaban J connectivity index is 2.22. The van der Waals surface area contributed by atoms with Crippen LogP contribution < -0.4 is 10.6 Å². The van der Waals surface area contributed by atoms with Gasteiger partial charge >= 0.3 is 12.1 Å². The maximum Gasteiger partial charge on any atom is 0.408 e. The Morgan fingerprint density at radius 2 is 1.53 bits per heavy atom. The van der Waals surface area contributed by atoms with Gasteiger partial charge in [0.15, 0.2) is 6.10 Å². The minimum absolute atomic E-state index is 0.00542. The summed E-state index contributed by atoms with van der Waals surface area (Å²) in [6, 6.07) is 10.2. The third-order valence-corrected chi connectivity index (χ3v) is 5.76. The van der Waals surface area contributed by atoms with Gasteiger partial charge in [-0.25, -0.2) is 9.59 Å². The first kappa shape index (κ1) is 31.4. The van der Waals surface area contributed by atoms with Crippen molar-refractivity contribution >= 4 is 41.2 Å². The number of halogens is 2. The summed E-state index contributed by atoms with van der Waals surface area (Å²) < 4.78 is 9.97. The number of benzene rings is 2. The first-order chi connectivity index (χ1) is 17.7. The monoisotopic (exact) mass is 568 g/mol. The van der Waals surface area contributed by atoms with Crippen LogP contribution in [-0.2, 0) is 25.5 Å². The van der Waals surface area contributed by atoms with Crippen LogP contribution in [0.25, 0.3) is 11.1 Å². The van der Waals surface area contributed by atoms with Crippen LogP contribution in [0.2, 0.25) is 10.0 Å². The second kappa shape index (κ2) is 13.8. The number of carbonyl (C=O) groups is 3. The highest BCUT2D eigenvalue weighted by Gasteiger charge is 2.34. The zero-order valence-electron chi connectivity index (χ0n) is 22.0. The van der Waals surface area contributed by atoms with Crippen molar-refractivity contribution in [1.29, 1.82) is 0 Å². The molecule has 38 heavy (non-hydrogen) atoms. The molecule has 0 spiro atoms. The fourth-order valence-electron chi connectivity index (χ4n) is 3.51. The second-order valence-corrected chi connectivity index (χ2v) is 10.6. The Morgan fingerprint density at radius 1 is 0.947 bits per heavy atom. The van der Waals surface area contributed by atoms with Crippen molar-refractivity contribution in [2.24, 2.45) is 0 Å². The quantitative estimate of drug-likeness (QED) is 0.319. The van der Waals surface area contributed by atoms with Gasteiger partial charge in [-0.05, 0) is 75.9 Å². The van der Waals surface area contributed by atoms with Crippen molar-refractivity contribution in [3.05, 3.63) is 58.1 Å². The smallest absolute Gasteiger partial charge is 0.408 e. The van der Waals surface area contributed by atoms with Gasteiger partial charge < -0.3 is 30.3 Å². The molecule has 2 rings (SSSR count). The van der Waals surface area contributed by atoms with E-state index in [-0.39, 0.29) is 13.0 Å². The number of aliphatic hydroxyl groups excluding tert-OH is 2. The molecule has 2 aromatic rings. The zero-order valence-corrected chi connectivity index (χ0v) is 23.5. The average molecular weight is 569 g/mol. The normalized spacial score (nSPS) is 14.6. The fourth-order valence-corrected chi connectivity index (χ4v) is 4.04. The molecule has 0 saturated carbocycles. The fraction of sp³-hybridized carbons (Fsp3) is 0.444. The average Bonchev–Trinajstić information content (AvgIpc) is 2.81. The molecule has 0 heterocycles. The first-order valence-electron chi connectivity index (χ1n) is 12.1. The Morgan fingerprint density at radius 3 is 2.05 bits per heavy atom. The number of amides is 2. The van der Waals surface area contributed by atoms with Crippen LogP contribution in [0.3, 0.4) is 0 Å². The van der Waals surface area contributed by atoms with Crippen molar-refractivity contribution in [2.45, 2.75) is 70.9 Å². The summed E-state index contributed by atoms with van der Waals surface area (Å²) in [4.78, 5) is 37.0. The van der Waals surface area contributed by atoms with E-state index in [1.165, 1.54) is 6.92 Å². The number of ether oxygens (including phenoxy) is 2. The number of rotatable bonds is 10. The maximum absolute atomic E-state index is 12.9. The molecule has 0 aliphatic rings. The maximum atomic E-state index is 12.9. The minimum atomic E-state index is -1.90. The lowest BCUT2D eigenvalue weighted by Crippen LogP contribution is -2.56. The Bertz CT molecular complexity index is 1100. The second-order valence-electron chi connectivity index (χ2n) is 9.73. The van der Waals surface area contributed by atoms with E-state index in [0.29, 0.717) is 15.6 Å². The highest BCUT2D eigenvalue weighted by atomic mass is 35.5. The van der Waals surface area contributed by atoms with Gasteiger partial charge in [0.05, 0.1) is 12.6 Å². The number of alkyl carbamates (subject to hydrolysis) is 1. The predicted molar refractivity (Wildman–Crippen MR) is 145 cm³/mol. The van der Waals surface area contributed by atoms with Gasteiger partial charge in [-0.1, -0.05) is 47.5 Å². The molecule has 0 bridgehead atoms. The summed E-state index contributed by atoms with van der Waals surface area (Å²) in [5, 5.41) is 27.1. The Hall–Kier alpha value is -2.85. The molecule has 2 amide bonds. The van der Waals surface area contributed by atoms with Crippen LogP contribution in [0.1, 0.15) is 40.2 Å². The molecule has 0 saturated heterocycles. The lowest BCUT2D eigenvalue weighted by atomic mass is 9.95. The number of esters is 1. The summed E-state index contributed by atoms with van der Waals surface area (Å²) in [6.07, 6.45) is -4.33. The third kappa shape index (κ3) is 9.79. The van der Waals surface area contributed by atoms with Crippen molar-refractivity contribution in [3.63, 3.8) is 0 Å². The van der Waals surface area contributed by atoms with Crippen molar-refractivity contribution in [2.75, 3.05) is 6.61 Å². The molecule has 0 aliphatic heterocycles. The Kier molecular flexibility index (Phi) is 11.4. The lowest BCUT2D eigenvalue weighted by molar-refractivity contribution is -0.160. The van der Waals surface area contributed by atoms with Crippen LogP contribution in [0.4, 0.5) is 4.79 Å². The predicted octanol–water partition coefficient (Wildman–Crippen LogP) is 3.89. The van der Waals surface area contributed by atoms with Gasteiger partial charge in [0.1, 0.15) is 17.7 Å². The molecular formula is C27H34Cl2N2O7. The van der Waals surface area contributed by atoms with E-state index in [1.54, 1.807) is 58.0 Å². The number of hydrogen-bond acceptors (Lipinski definition) is 7. The molecule has 4 N–H and O–H groups in total. The number of aliphatic hydroxyl groups is 2. The summed E-state index contributed by atoms with van der Waals surface area (Å²) in [6.45, 7) is 8.07. The number of hydrogen-bond donors (Lipinski definition) is 4. The van der Waals surface area contributed by atoms with Gasteiger partial charge in [-0.15, -0.1) is 0 Å². The highest BCUT2D eigenvalue weighted by molar-refractivity contribution is 6.35. The lowest BCUT2D eigenvalue weighted by Gasteiger charge is -2.28. The van der Waals surface area contributed by atoms with E-state index in [4.69, 9.17) is 32.7 Å². The molecule has 0 aromatic heterocycles. The molecule has 2 aromatic carbocycles. The topological polar surface area (TPSA) is 134 Å². The van der Waals surface area contributed by atoms with E-state index in [0.717, 1.165) is 11.1 Å². The van der Waals surface area contributed by atoms with Crippen LogP contribution in [0, 0.1) is 0 Å². The minimum Gasteiger partial charge on any atom is -0.464 e. The summed E-state index contributed by atoms with van der Waals surface area (Å²) in [5.74, 6) is -1.67. The Labute approximate surface area is 232 Å². The van der Waals surface area contributed by atoms with E-state index < -0.39 is 47.9 Å². The molecule has 0 aliphatic carbocycles. The molecule has 208 valence electrons. The summed E-state index contributed by atoms with van der Waals surface area (Å²) >= 11 is 12.2. The van der Waals surface area contributed by atoms with Crippen LogP contribution in [-0.4, -0.2) is 64.7 Å². The zero-order chi connectivity index (χ0) is 28.6. The van der Waals surface area contributed by atoms with Crippen molar-refractivity contribution in [1.82, 2.24) is 10.6 Å². The highest BCUT2D eigenvalue weighted by Crippen LogP contribution is 2.27. The van der Waals surface area contributed by atoms with Gasteiger partial charge in [-0.3, -0.25) is 4.79 Å². The van der Waals surface area contributed by atoms with Crippen LogP contribution in [0.15, 0.2) is 42.5 Å². The van der Waals surface area contributed by atoms with Crippen LogP contribution in [0.5, 0.6) is 0 Å². The van der Waals surface area contributed by atoms with Crippen LogP contribution >= 0.6 is 23.2 Å². The van der Waals surface area contributed by atoms with E-state index in [1.807, 2.05) is 12.1 Å². The van der Waals surface area contributed by atoms with Gasteiger partial charge in [0, 0.05) is 10.0 Å². The molecule has 0 fully saturated rings.